The largest absolute Gasteiger partial charge is 0.493 e. The van der Waals surface area contributed by atoms with Crippen molar-refractivity contribution in [2.75, 3.05) is 19.7 Å². The number of carbonyl (C=O) groups excluding carboxylic acids is 1. The number of benzene rings is 1. The van der Waals surface area contributed by atoms with E-state index in [1.54, 1.807) is 0 Å². The molecular formula is C22H31N3O4. The van der Waals surface area contributed by atoms with Crippen molar-refractivity contribution in [2.24, 2.45) is 5.41 Å². The molecule has 2 saturated heterocycles. The fraction of sp³-hybridized carbons (Fsp3) is 0.636. The lowest BCUT2D eigenvalue weighted by Gasteiger charge is -2.52. The van der Waals surface area contributed by atoms with Gasteiger partial charge in [0.2, 0.25) is 5.91 Å². The molecule has 3 aliphatic heterocycles. The molecule has 2 amide bonds. The molecule has 0 radical (unpaired) electrons. The van der Waals surface area contributed by atoms with Crippen LogP contribution in [0.2, 0.25) is 0 Å². The third kappa shape index (κ3) is 3.68. The van der Waals surface area contributed by atoms with E-state index in [1.807, 2.05) is 24.3 Å². The summed E-state index contributed by atoms with van der Waals surface area (Å²) in [4.78, 5) is 29.4. The van der Waals surface area contributed by atoms with E-state index < -0.39 is 12.1 Å². The highest BCUT2D eigenvalue weighted by Crippen LogP contribution is 2.39. The predicted octanol–water partition coefficient (Wildman–Crippen LogP) is 2.87. The van der Waals surface area contributed by atoms with Crippen molar-refractivity contribution in [2.45, 2.75) is 64.2 Å². The zero-order valence-corrected chi connectivity index (χ0v) is 17.4. The molecule has 4 rings (SSSR count). The third-order valence-electron chi connectivity index (χ3n) is 6.51. The zero-order chi connectivity index (χ0) is 20.8. The van der Waals surface area contributed by atoms with Gasteiger partial charge in [-0.2, -0.15) is 0 Å². The molecule has 29 heavy (non-hydrogen) atoms. The van der Waals surface area contributed by atoms with E-state index in [2.05, 4.69) is 31.0 Å². The topological polar surface area (TPSA) is 82.1 Å². The Morgan fingerprint density at radius 3 is 2.69 bits per heavy atom. The predicted molar refractivity (Wildman–Crippen MR) is 109 cm³/mol. The van der Waals surface area contributed by atoms with Crippen molar-refractivity contribution < 1.29 is 19.4 Å². The molecule has 0 bridgehead atoms. The summed E-state index contributed by atoms with van der Waals surface area (Å²) in [6, 6.07) is 6.81. The summed E-state index contributed by atoms with van der Waals surface area (Å²) in [5.74, 6) is 0.573. The minimum atomic E-state index is -1.01. The van der Waals surface area contributed by atoms with Crippen LogP contribution < -0.4 is 10.1 Å². The van der Waals surface area contributed by atoms with E-state index in [1.165, 1.54) is 4.90 Å². The van der Waals surface area contributed by atoms with Crippen LogP contribution in [0.25, 0.3) is 0 Å². The van der Waals surface area contributed by atoms with Crippen molar-refractivity contribution in [1.29, 1.82) is 0 Å². The van der Waals surface area contributed by atoms with Crippen LogP contribution in [-0.4, -0.2) is 64.7 Å². The minimum Gasteiger partial charge on any atom is -0.493 e. The maximum atomic E-state index is 13.4. The second kappa shape index (κ2) is 7.52. The van der Waals surface area contributed by atoms with Gasteiger partial charge in [0.1, 0.15) is 11.8 Å². The molecule has 0 aliphatic carbocycles. The maximum absolute atomic E-state index is 13.4. The van der Waals surface area contributed by atoms with Gasteiger partial charge in [-0.25, -0.2) is 4.79 Å². The van der Waals surface area contributed by atoms with Gasteiger partial charge in [-0.3, -0.25) is 14.6 Å². The molecule has 7 heteroatoms. The van der Waals surface area contributed by atoms with E-state index in [9.17, 15) is 14.7 Å². The average molecular weight is 402 g/mol. The molecule has 0 spiro atoms. The number of carbonyl (C=O) groups is 2. The second-order valence-electron chi connectivity index (χ2n) is 9.46. The lowest BCUT2D eigenvalue weighted by molar-refractivity contribution is -0.134. The molecule has 2 N–H and O–H groups in total. The van der Waals surface area contributed by atoms with E-state index in [4.69, 9.17) is 4.74 Å². The molecule has 3 heterocycles. The van der Waals surface area contributed by atoms with Crippen LogP contribution in [0.3, 0.4) is 0 Å². The van der Waals surface area contributed by atoms with E-state index >= 15 is 0 Å². The molecule has 1 aromatic carbocycles. The standard InChI is InChI=1S/C22H31N3O4/c1-22(2,3)19-16-8-6-11-24(16)13-17(25(19)21(27)28)20(26)23-15-10-12-29-18-9-5-4-7-14(15)18/h4-5,7,9,15-17,19H,6,8,10-13H2,1-3H3,(H,23,26)(H,27,28)/t15-,16-,17+,19?/m1/s1. The number of hydrogen-bond donors (Lipinski definition) is 2. The molecule has 1 aromatic rings. The van der Waals surface area contributed by atoms with Gasteiger partial charge in [-0.15, -0.1) is 0 Å². The molecule has 158 valence electrons. The third-order valence-corrected chi connectivity index (χ3v) is 6.51. The van der Waals surface area contributed by atoms with Gasteiger partial charge in [0.15, 0.2) is 0 Å². The van der Waals surface area contributed by atoms with Crippen molar-refractivity contribution in [3.63, 3.8) is 0 Å². The number of para-hydroxylation sites is 1. The molecule has 7 nitrogen and oxygen atoms in total. The molecule has 0 aromatic heterocycles. The summed E-state index contributed by atoms with van der Waals surface area (Å²) in [7, 11) is 0. The van der Waals surface area contributed by atoms with Crippen LogP contribution in [0.4, 0.5) is 4.79 Å². The van der Waals surface area contributed by atoms with Gasteiger partial charge in [-0.05, 0) is 30.9 Å². The van der Waals surface area contributed by atoms with Crippen molar-refractivity contribution >= 4 is 12.0 Å². The van der Waals surface area contributed by atoms with Crippen LogP contribution in [0.15, 0.2) is 24.3 Å². The van der Waals surface area contributed by atoms with E-state index in [0.29, 0.717) is 19.6 Å². The first-order valence-corrected chi connectivity index (χ1v) is 10.5. The minimum absolute atomic E-state index is 0.160. The first kappa shape index (κ1) is 20.0. The van der Waals surface area contributed by atoms with Crippen molar-refractivity contribution in [3.8, 4) is 5.75 Å². The molecule has 3 aliphatic rings. The monoisotopic (exact) mass is 401 g/mol. The number of amides is 2. The Labute approximate surface area is 172 Å². The van der Waals surface area contributed by atoms with Gasteiger partial charge in [-0.1, -0.05) is 39.0 Å². The highest BCUT2D eigenvalue weighted by atomic mass is 16.5. The van der Waals surface area contributed by atoms with Crippen molar-refractivity contribution in [3.05, 3.63) is 29.8 Å². The van der Waals surface area contributed by atoms with Gasteiger partial charge >= 0.3 is 6.09 Å². The zero-order valence-electron chi connectivity index (χ0n) is 17.4. The maximum Gasteiger partial charge on any atom is 0.408 e. The van der Waals surface area contributed by atoms with Gasteiger partial charge < -0.3 is 15.2 Å². The number of nitrogens with zero attached hydrogens (tertiary/aromatic N) is 2. The van der Waals surface area contributed by atoms with Crippen LogP contribution >= 0.6 is 0 Å². The fourth-order valence-electron chi connectivity index (χ4n) is 5.34. The number of nitrogens with one attached hydrogen (secondary N) is 1. The van der Waals surface area contributed by atoms with Crippen molar-refractivity contribution in [1.82, 2.24) is 15.1 Å². The Morgan fingerprint density at radius 2 is 1.97 bits per heavy atom. The molecule has 0 saturated carbocycles. The Morgan fingerprint density at radius 1 is 1.21 bits per heavy atom. The first-order chi connectivity index (χ1) is 13.8. The highest BCUT2D eigenvalue weighted by Gasteiger charge is 2.52. The highest BCUT2D eigenvalue weighted by molar-refractivity contribution is 5.86. The first-order valence-electron chi connectivity index (χ1n) is 10.5. The second-order valence-corrected chi connectivity index (χ2v) is 9.46. The summed E-state index contributed by atoms with van der Waals surface area (Å²) < 4.78 is 5.69. The molecule has 4 atom stereocenters. The Kier molecular flexibility index (Phi) is 5.19. The average Bonchev–Trinajstić information content (AvgIpc) is 3.14. The van der Waals surface area contributed by atoms with Crippen LogP contribution in [0.1, 0.15) is 51.6 Å². The van der Waals surface area contributed by atoms with Gasteiger partial charge in [0.05, 0.1) is 18.7 Å². The summed E-state index contributed by atoms with van der Waals surface area (Å²) in [6.45, 7) is 8.13. The van der Waals surface area contributed by atoms with Gasteiger partial charge in [0.25, 0.3) is 0 Å². The summed E-state index contributed by atoms with van der Waals surface area (Å²) >= 11 is 0. The van der Waals surface area contributed by atoms with Crippen LogP contribution in [0.5, 0.6) is 5.75 Å². The summed E-state index contributed by atoms with van der Waals surface area (Å²) in [5, 5.41) is 13.2. The van der Waals surface area contributed by atoms with Gasteiger partial charge in [0, 0.05) is 24.6 Å². The fourth-order valence-corrected chi connectivity index (χ4v) is 5.34. The quantitative estimate of drug-likeness (QED) is 0.796. The summed E-state index contributed by atoms with van der Waals surface area (Å²) in [6.07, 6.45) is 1.70. The van der Waals surface area contributed by atoms with E-state index in [0.717, 1.165) is 30.7 Å². The number of piperazine rings is 1. The molecule has 2 fully saturated rings. The number of fused-ring (bicyclic) bond motifs is 2. The number of rotatable bonds is 2. The lowest BCUT2D eigenvalue weighted by atomic mass is 9.78. The Bertz CT molecular complexity index is 791. The summed E-state index contributed by atoms with van der Waals surface area (Å²) in [5.41, 5.74) is 0.701. The normalized spacial score (nSPS) is 29.6. The smallest absolute Gasteiger partial charge is 0.408 e. The Hall–Kier alpha value is -2.28. The van der Waals surface area contributed by atoms with Crippen LogP contribution in [-0.2, 0) is 4.79 Å². The number of ether oxygens (including phenoxy) is 1. The number of carboxylic acid groups (broad SMARTS) is 1. The SMILES string of the molecule is CC(C)(C)C1[C@H]2CCCN2C[C@@H](C(=O)N[C@@H]2CCOc3ccccc32)N1C(=O)O. The van der Waals surface area contributed by atoms with E-state index in [-0.39, 0.29) is 29.4 Å². The molecular weight excluding hydrogens is 370 g/mol. The molecule has 1 unspecified atom stereocenters. The van der Waals surface area contributed by atoms with Crippen LogP contribution in [0, 0.1) is 5.41 Å². The Balaban J connectivity index is 1.61. The lowest BCUT2D eigenvalue weighted by Crippen LogP contribution is -2.70. The number of hydrogen-bond acceptors (Lipinski definition) is 4.